The molecule has 0 bridgehead atoms. The van der Waals surface area contributed by atoms with Crippen LogP contribution in [-0.4, -0.2) is 24.3 Å². The maximum Gasteiger partial charge on any atom is 0.287 e. The molecule has 0 spiro atoms. The fourth-order valence-electron chi connectivity index (χ4n) is 1.74. The first-order chi connectivity index (χ1) is 10.9. The molecule has 0 amide bonds. The van der Waals surface area contributed by atoms with Crippen molar-refractivity contribution in [2.24, 2.45) is 0 Å². The maximum absolute atomic E-state index is 12.2. The van der Waals surface area contributed by atoms with Crippen LogP contribution in [0.15, 0.2) is 42.7 Å². The van der Waals surface area contributed by atoms with Crippen molar-refractivity contribution >= 4 is 55.2 Å². The van der Waals surface area contributed by atoms with E-state index in [9.17, 15) is 8.42 Å². The van der Waals surface area contributed by atoms with E-state index in [-0.39, 0.29) is 10.0 Å². The molecule has 122 valence electrons. The zero-order chi connectivity index (χ0) is 16.9. The number of nitrogens with one attached hydrogen (secondary N) is 3. The molecule has 0 aliphatic rings. The van der Waals surface area contributed by atoms with Crippen molar-refractivity contribution in [3.05, 3.63) is 47.7 Å². The molecule has 9 heteroatoms. The summed E-state index contributed by atoms with van der Waals surface area (Å²) in [5.74, 6) is 0. The fraction of sp³-hybridized carbons (Fsp3) is 0.143. The van der Waals surface area contributed by atoms with Crippen LogP contribution in [0.2, 0.25) is 5.02 Å². The number of halogens is 1. The van der Waals surface area contributed by atoms with Gasteiger partial charge >= 0.3 is 0 Å². The Balaban J connectivity index is 2.26. The second-order valence-electron chi connectivity index (χ2n) is 4.48. The standard InChI is InChI=1S/C14H15ClN4O2S2/c1-2-17-14(22)23(20,21)19-13-9-16-7-6-12(13)18-11-5-3-4-10(15)8-11/h3-9,19H,2H2,1H3,(H,16,18)(H,17,22). The van der Waals surface area contributed by atoms with Gasteiger partial charge < -0.3 is 10.6 Å². The lowest BCUT2D eigenvalue weighted by atomic mass is 10.3. The first kappa shape index (κ1) is 17.5. The minimum Gasteiger partial charge on any atom is -0.366 e. The number of hydrogen-bond acceptors (Lipinski definition) is 5. The summed E-state index contributed by atoms with van der Waals surface area (Å²) in [6.45, 7) is 2.18. The lowest BCUT2D eigenvalue weighted by Gasteiger charge is -2.14. The highest BCUT2D eigenvalue weighted by Crippen LogP contribution is 2.26. The molecule has 2 rings (SSSR count). The lowest BCUT2D eigenvalue weighted by molar-refractivity contribution is 0.611. The molecule has 0 saturated carbocycles. The van der Waals surface area contributed by atoms with Crippen LogP contribution in [0.3, 0.4) is 0 Å². The van der Waals surface area contributed by atoms with E-state index in [2.05, 4.69) is 20.3 Å². The summed E-state index contributed by atoms with van der Waals surface area (Å²) in [5, 5.41) is 6.27. The van der Waals surface area contributed by atoms with Gasteiger partial charge in [0, 0.05) is 23.5 Å². The highest BCUT2D eigenvalue weighted by molar-refractivity contribution is 8.17. The van der Waals surface area contributed by atoms with Gasteiger partial charge in [-0.1, -0.05) is 17.7 Å². The first-order valence-corrected chi connectivity index (χ1v) is 8.96. The van der Waals surface area contributed by atoms with Crippen molar-refractivity contribution in [2.75, 3.05) is 16.6 Å². The van der Waals surface area contributed by atoms with E-state index >= 15 is 0 Å². The summed E-state index contributed by atoms with van der Waals surface area (Å²) in [6, 6.07) is 8.72. The molecule has 0 aliphatic carbocycles. The Morgan fingerprint density at radius 2 is 2.09 bits per heavy atom. The molecule has 2 aromatic rings. The predicted molar refractivity (Wildman–Crippen MR) is 97.8 cm³/mol. The van der Waals surface area contributed by atoms with Crippen molar-refractivity contribution in [1.29, 1.82) is 0 Å². The summed E-state index contributed by atoms with van der Waals surface area (Å²) in [4.78, 5) is 3.94. The van der Waals surface area contributed by atoms with E-state index < -0.39 is 10.0 Å². The van der Waals surface area contributed by atoms with E-state index in [0.717, 1.165) is 5.69 Å². The van der Waals surface area contributed by atoms with Crippen LogP contribution in [0.5, 0.6) is 0 Å². The average molecular weight is 371 g/mol. The third-order valence-corrected chi connectivity index (χ3v) is 4.89. The third kappa shape index (κ3) is 4.78. The van der Waals surface area contributed by atoms with E-state index in [1.165, 1.54) is 6.20 Å². The highest BCUT2D eigenvalue weighted by Gasteiger charge is 2.18. The van der Waals surface area contributed by atoms with Gasteiger partial charge in [-0.15, -0.1) is 0 Å². The minimum absolute atomic E-state index is 0.266. The van der Waals surface area contributed by atoms with E-state index in [1.54, 1.807) is 37.4 Å². The zero-order valence-corrected chi connectivity index (χ0v) is 14.6. The number of rotatable bonds is 5. The van der Waals surface area contributed by atoms with Gasteiger partial charge in [0.1, 0.15) is 0 Å². The molecule has 1 aromatic heterocycles. The summed E-state index contributed by atoms with van der Waals surface area (Å²) in [7, 11) is -3.83. The SMILES string of the molecule is CCNC(=S)S(=O)(=O)Nc1cnccc1Nc1cccc(Cl)c1. The van der Waals surface area contributed by atoms with Gasteiger partial charge in [-0.05, 0) is 43.4 Å². The number of aromatic nitrogens is 1. The second kappa shape index (κ2) is 7.58. The smallest absolute Gasteiger partial charge is 0.287 e. The summed E-state index contributed by atoms with van der Waals surface area (Å²) < 4.78 is 26.5. The number of pyridine rings is 1. The van der Waals surface area contributed by atoms with Gasteiger partial charge in [-0.25, -0.2) is 0 Å². The van der Waals surface area contributed by atoms with Crippen LogP contribution in [0.1, 0.15) is 6.92 Å². The Morgan fingerprint density at radius 1 is 1.30 bits per heavy atom. The molecule has 23 heavy (non-hydrogen) atoms. The van der Waals surface area contributed by atoms with Crippen LogP contribution < -0.4 is 15.4 Å². The number of nitrogens with zero attached hydrogens (tertiary/aromatic N) is 1. The molecule has 1 heterocycles. The molecular formula is C14H15ClN4O2S2. The first-order valence-electron chi connectivity index (χ1n) is 6.69. The van der Waals surface area contributed by atoms with Crippen LogP contribution >= 0.6 is 23.8 Å². The molecule has 0 aliphatic heterocycles. The summed E-state index contributed by atoms with van der Waals surface area (Å²) in [5.41, 5.74) is 1.54. The second-order valence-corrected chi connectivity index (χ2v) is 7.20. The third-order valence-electron chi connectivity index (χ3n) is 2.73. The lowest BCUT2D eigenvalue weighted by Crippen LogP contribution is -2.33. The molecule has 1 aromatic carbocycles. The van der Waals surface area contributed by atoms with Gasteiger partial charge in [0.2, 0.25) is 4.32 Å². The average Bonchev–Trinajstić information content (AvgIpc) is 2.49. The summed E-state index contributed by atoms with van der Waals surface area (Å²) >= 11 is 10.8. The molecule has 0 atom stereocenters. The van der Waals surface area contributed by atoms with Crippen molar-refractivity contribution in [1.82, 2.24) is 10.3 Å². The fourth-order valence-corrected chi connectivity index (χ4v) is 3.08. The van der Waals surface area contributed by atoms with Gasteiger partial charge in [-0.2, -0.15) is 8.42 Å². The number of benzene rings is 1. The molecule has 0 fully saturated rings. The largest absolute Gasteiger partial charge is 0.366 e. The van der Waals surface area contributed by atoms with Crippen molar-refractivity contribution in [2.45, 2.75) is 6.92 Å². The molecule has 0 saturated heterocycles. The summed E-state index contributed by atoms with van der Waals surface area (Å²) in [6.07, 6.45) is 2.95. The molecule has 0 unspecified atom stereocenters. The van der Waals surface area contributed by atoms with E-state index in [1.807, 2.05) is 6.07 Å². The van der Waals surface area contributed by atoms with E-state index in [4.69, 9.17) is 23.8 Å². The Bertz CT molecular complexity index is 812. The highest BCUT2D eigenvalue weighted by atomic mass is 35.5. The number of hydrogen-bond donors (Lipinski definition) is 3. The Labute approximate surface area is 145 Å². The normalized spacial score (nSPS) is 10.9. The van der Waals surface area contributed by atoms with Gasteiger partial charge in [0.15, 0.2) is 0 Å². The van der Waals surface area contributed by atoms with Crippen molar-refractivity contribution in [3.8, 4) is 0 Å². The van der Waals surface area contributed by atoms with Gasteiger partial charge in [-0.3, -0.25) is 9.71 Å². The van der Waals surface area contributed by atoms with Gasteiger partial charge in [0.05, 0.1) is 17.6 Å². The molecule has 0 radical (unpaired) electrons. The molecule has 3 N–H and O–H groups in total. The minimum atomic E-state index is -3.83. The quantitative estimate of drug-likeness (QED) is 0.701. The van der Waals surface area contributed by atoms with Gasteiger partial charge in [0.25, 0.3) is 10.0 Å². The maximum atomic E-state index is 12.2. The van der Waals surface area contributed by atoms with E-state index in [0.29, 0.717) is 17.3 Å². The van der Waals surface area contributed by atoms with Crippen LogP contribution in [-0.2, 0) is 10.0 Å². The predicted octanol–water partition coefficient (Wildman–Crippen LogP) is 3.11. The Kier molecular flexibility index (Phi) is 5.75. The number of thiocarbonyl (C=S) groups is 1. The zero-order valence-electron chi connectivity index (χ0n) is 12.2. The van der Waals surface area contributed by atoms with Crippen LogP contribution in [0.4, 0.5) is 17.1 Å². The number of anilines is 3. The number of sulfonamides is 1. The Morgan fingerprint density at radius 3 is 2.78 bits per heavy atom. The Hall–Kier alpha value is -1.90. The monoisotopic (exact) mass is 370 g/mol. The van der Waals surface area contributed by atoms with Crippen molar-refractivity contribution < 1.29 is 8.42 Å². The molecular weight excluding hydrogens is 356 g/mol. The van der Waals surface area contributed by atoms with Crippen LogP contribution in [0.25, 0.3) is 0 Å². The topological polar surface area (TPSA) is 83.1 Å². The van der Waals surface area contributed by atoms with Crippen molar-refractivity contribution in [3.63, 3.8) is 0 Å². The van der Waals surface area contributed by atoms with Crippen LogP contribution in [0, 0.1) is 0 Å². The molecule has 6 nitrogen and oxygen atoms in total.